The predicted molar refractivity (Wildman–Crippen MR) is 137 cm³/mol. The van der Waals surface area contributed by atoms with Crippen molar-refractivity contribution in [2.75, 3.05) is 18.4 Å². The minimum absolute atomic E-state index is 0.0777. The van der Waals surface area contributed by atoms with Gasteiger partial charge in [-0.05, 0) is 57.2 Å². The molecule has 0 atom stereocenters. The Labute approximate surface area is 210 Å². The van der Waals surface area contributed by atoms with Crippen LogP contribution in [0.3, 0.4) is 0 Å². The Bertz CT molecular complexity index is 1220. The van der Waals surface area contributed by atoms with Gasteiger partial charge in [0, 0.05) is 25.0 Å². The van der Waals surface area contributed by atoms with E-state index in [1.807, 2.05) is 49.7 Å². The molecule has 2 amide bonds. The lowest BCUT2D eigenvalue weighted by atomic mass is 10.0. The molecule has 0 radical (unpaired) electrons. The second-order valence-electron chi connectivity index (χ2n) is 10.2. The fourth-order valence-corrected chi connectivity index (χ4v) is 4.43. The molecule has 35 heavy (non-hydrogen) atoms. The van der Waals surface area contributed by atoms with E-state index in [0.717, 1.165) is 12.8 Å². The molecule has 8 nitrogen and oxygen atoms in total. The second kappa shape index (κ2) is 9.85. The van der Waals surface area contributed by atoms with Crippen molar-refractivity contribution in [3.63, 3.8) is 0 Å². The minimum Gasteiger partial charge on any atom is -0.444 e. The van der Waals surface area contributed by atoms with Crippen LogP contribution in [0.15, 0.2) is 36.7 Å². The first-order valence-corrected chi connectivity index (χ1v) is 12.3. The summed E-state index contributed by atoms with van der Waals surface area (Å²) in [5.41, 5.74) is 2.31. The summed E-state index contributed by atoms with van der Waals surface area (Å²) in [6.07, 6.45) is 4.31. The van der Waals surface area contributed by atoms with Gasteiger partial charge in [-0.3, -0.25) is 4.79 Å². The Kier molecular flexibility index (Phi) is 7.03. The van der Waals surface area contributed by atoms with Gasteiger partial charge in [0.25, 0.3) is 5.91 Å². The molecule has 1 aromatic carbocycles. The van der Waals surface area contributed by atoms with E-state index in [1.165, 1.54) is 11.8 Å². The first kappa shape index (κ1) is 25.0. The molecule has 1 saturated heterocycles. The number of benzene rings is 1. The number of carbonyl (C=O) groups excluding carboxylic acids is 2. The van der Waals surface area contributed by atoms with Crippen molar-refractivity contribution in [2.24, 2.45) is 0 Å². The number of nitrogens with zero attached hydrogens (tertiary/aromatic N) is 4. The average Bonchev–Trinajstić information content (AvgIpc) is 3.23. The molecule has 0 bridgehead atoms. The molecule has 1 aliphatic heterocycles. The average molecular weight is 498 g/mol. The van der Waals surface area contributed by atoms with E-state index in [-0.39, 0.29) is 18.0 Å². The molecule has 4 rings (SSSR count). The van der Waals surface area contributed by atoms with E-state index in [0.29, 0.717) is 46.3 Å². The number of fused-ring (bicyclic) bond motifs is 1. The summed E-state index contributed by atoms with van der Waals surface area (Å²) in [6.45, 7) is 11.0. The zero-order chi connectivity index (χ0) is 25.3. The molecular formula is C26H32ClN5O3. The van der Waals surface area contributed by atoms with E-state index in [2.05, 4.69) is 29.2 Å². The van der Waals surface area contributed by atoms with Crippen LogP contribution in [0, 0.1) is 0 Å². The van der Waals surface area contributed by atoms with Crippen molar-refractivity contribution in [3.05, 3.63) is 52.8 Å². The van der Waals surface area contributed by atoms with Crippen molar-refractivity contribution >= 4 is 40.3 Å². The highest BCUT2D eigenvalue weighted by atomic mass is 35.5. The summed E-state index contributed by atoms with van der Waals surface area (Å²) in [6, 6.07) is 7.85. The molecular weight excluding hydrogens is 466 g/mol. The molecule has 0 spiro atoms. The summed E-state index contributed by atoms with van der Waals surface area (Å²) in [5, 5.41) is 8.37. The van der Waals surface area contributed by atoms with E-state index >= 15 is 0 Å². The fourth-order valence-electron chi connectivity index (χ4n) is 4.16. The van der Waals surface area contributed by atoms with Crippen molar-refractivity contribution in [2.45, 2.75) is 65.0 Å². The van der Waals surface area contributed by atoms with Gasteiger partial charge in [0.1, 0.15) is 5.60 Å². The van der Waals surface area contributed by atoms with Gasteiger partial charge in [-0.15, -0.1) is 0 Å². The van der Waals surface area contributed by atoms with Crippen LogP contribution >= 0.6 is 11.6 Å². The third kappa shape index (κ3) is 5.59. The van der Waals surface area contributed by atoms with E-state index in [4.69, 9.17) is 16.3 Å². The number of likely N-dealkylation sites (tertiary alicyclic amines) is 1. The highest BCUT2D eigenvalue weighted by molar-refractivity contribution is 6.38. The summed E-state index contributed by atoms with van der Waals surface area (Å²) in [5.74, 6) is 0.0991. The fraction of sp³-hybridized carbons (Fsp3) is 0.462. The van der Waals surface area contributed by atoms with Crippen molar-refractivity contribution < 1.29 is 14.3 Å². The molecule has 1 aliphatic rings. The number of hydrogen-bond donors (Lipinski definition) is 1. The van der Waals surface area contributed by atoms with Crippen LogP contribution < -0.4 is 5.32 Å². The Hall–Kier alpha value is -3.13. The zero-order valence-corrected chi connectivity index (χ0v) is 21.6. The topological polar surface area (TPSA) is 89.4 Å². The van der Waals surface area contributed by atoms with E-state index in [1.54, 1.807) is 11.1 Å². The lowest BCUT2D eigenvalue weighted by Gasteiger charge is -2.33. The normalized spacial score (nSPS) is 15.0. The van der Waals surface area contributed by atoms with Crippen LogP contribution in [0.2, 0.25) is 5.02 Å². The number of nitrogens with one attached hydrogen (secondary N) is 1. The monoisotopic (exact) mass is 497 g/mol. The minimum atomic E-state index is -0.520. The molecule has 1 N–H and O–H groups in total. The number of anilines is 1. The SMILES string of the molecule is CC(C)c1ccc(NC(=O)c2cnc3c(cnn3C3CCN(C(=O)OC(C)(C)C)CC3)c2Cl)cc1. The highest BCUT2D eigenvalue weighted by Crippen LogP contribution is 2.31. The molecule has 1 fully saturated rings. The van der Waals surface area contributed by atoms with Gasteiger partial charge in [0.05, 0.1) is 28.2 Å². The number of pyridine rings is 1. The van der Waals surface area contributed by atoms with Crippen LogP contribution in [0.4, 0.5) is 10.5 Å². The largest absolute Gasteiger partial charge is 0.444 e. The van der Waals surface area contributed by atoms with Crippen LogP contribution in [-0.4, -0.2) is 50.4 Å². The maximum atomic E-state index is 12.9. The Balaban J connectivity index is 1.46. The van der Waals surface area contributed by atoms with Crippen LogP contribution in [0.1, 0.15) is 75.3 Å². The first-order valence-electron chi connectivity index (χ1n) is 11.9. The molecule has 0 aliphatic carbocycles. The number of carbonyl (C=O) groups is 2. The lowest BCUT2D eigenvalue weighted by molar-refractivity contribution is 0.0186. The third-order valence-electron chi connectivity index (χ3n) is 6.10. The zero-order valence-electron chi connectivity index (χ0n) is 20.8. The van der Waals surface area contributed by atoms with Gasteiger partial charge in [-0.1, -0.05) is 37.6 Å². The molecule has 3 heterocycles. The third-order valence-corrected chi connectivity index (χ3v) is 6.51. The number of amides is 2. The number of piperidine rings is 1. The molecule has 0 unspecified atom stereocenters. The van der Waals surface area contributed by atoms with Gasteiger partial charge < -0.3 is 15.0 Å². The van der Waals surface area contributed by atoms with Gasteiger partial charge in [0.15, 0.2) is 5.65 Å². The highest BCUT2D eigenvalue weighted by Gasteiger charge is 2.29. The van der Waals surface area contributed by atoms with Gasteiger partial charge in [0.2, 0.25) is 0 Å². The maximum Gasteiger partial charge on any atom is 0.410 e. The summed E-state index contributed by atoms with van der Waals surface area (Å²) < 4.78 is 7.33. The van der Waals surface area contributed by atoms with Crippen molar-refractivity contribution in [1.82, 2.24) is 19.7 Å². The maximum absolute atomic E-state index is 12.9. The molecule has 9 heteroatoms. The standard InChI is InChI=1S/C26H32ClN5O3/c1-16(2)17-6-8-18(9-7-17)30-24(33)21-14-28-23-20(22(21)27)15-29-32(23)19-10-12-31(13-11-19)25(34)35-26(3,4)5/h6-9,14-16,19H,10-13H2,1-5H3,(H,30,33). The van der Waals surface area contributed by atoms with Crippen LogP contribution in [0.5, 0.6) is 0 Å². The Morgan fingerprint density at radius 3 is 2.37 bits per heavy atom. The first-order chi connectivity index (χ1) is 16.5. The van der Waals surface area contributed by atoms with Crippen LogP contribution in [-0.2, 0) is 4.74 Å². The Morgan fingerprint density at radius 2 is 1.77 bits per heavy atom. The van der Waals surface area contributed by atoms with Gasteiger partial charge in [-0.2, -0.15) is 5.10 Å². The number of aromatic nitrogens is 3. The van der Waals surface area contributed by atoms with Crippen molar-refractivity contribution in [3.8, 4) is 0 Å². The number of rotatable bonds is 4. The summed E-state index contributed by atoms with van der Waals surface area (Å²) in [4.78, 5) is 31.5. The Morgan fingerprint density at radius 1 is 1.11 bits per heavy atom. The molecule has 0 saturated carbocycles. The van der Waals surface area contributed by atoms with Gasteiger partial charge in [-0.25, -0.2) is 14.5 Å². The van der Waals surface area contributed by atoms with E-state index in [9.17, 15) is 9.59 Å². The number of halogens is 1. The molecule has 3 aromatic rings. The predicted octanol–water partition coefficient (Wildman–Crippen LogP) is 6.03. The number of ether oxygens (including phenoxy) is 1. The quantitative estimate of drug-likeness (QED) is 0.475. The van der Waals surface area contributed by atoms with E-state index < -0.39 is 5.60 Å². The smallest absolute Gasteiger partial charge is 0.410 e. The number of hydrogen-bond acceptors (Lipinski definition) is 5. The second-order valence-corrected chi connectivity index (χ2v) is 10.6. The van der Waals surface area contributed by atoms with Gasteiger partial charge >= 0.3 is 6.09 Å². The molecule has 186 valence electrons. The molecule has 2 aromatic heterocycles. The summed E-state index contributed by atoms with van der Waals surface area (Å²) >= 11 is 6.62. The summed E-state index contributed by atoms with van der Waals surface area (Å²) in [7, 11) is 0. The van der Waals surface area contributed by atoms with Crippen LogP contribution in [0.25, 0.3) is 11.0 Å². The van der Waals surface area contributed by atoms with Crippen molar-refractivity contribution in [1.29, 1.82) is 0 Å². The lowest BCUT2D eigenvalue weighted by Crippen LogP contribution is -2.42.